The molecule has 0 bridgehead atoms. The van der Waals surface area contributed by atoms with Crippen molar-refractivity contribution in [1.82, 2.24) is 15.1 Å². The molecule has 19 heavy (non-hydrogen) atoms. The number of urea groups is 1. The van der Waals surface area contributed by atoms with E-state index in [1.165, 1.54) is 4.90 Å². The molecule has 1 saturated heterocycles. The summed E-state index contributed by atoms with van der Waals surface area (Å²) in [5.74, 6) is -0.435. The van der Waals surface area contributed by atoms with Crippen molar-refractivity contribution in [3.8, 4) is 0 Å². The van der Waals surface area contributed by atoms with Gasteiger partial charge < -0.3 is 15.3 Å². The van der Waals surface area contributed by atoms with Crippen LogP contribution in [0.3, 0.4) is 0 Å². The molecule has 1 rings (SSSR count). The number of aliphatic hydroxyl groups excluding tert-OH is 1. The standard InChI is InChI=1S/C12H21N3O4/c1-12(2,8-16)13-9(17)5-4-6-15-10(18)7-14(3)11(15)19/h16H,4-8H2,1-3H3,(H,13,17). The fourth-order valence-electron chi connectivity index (χ4n) is 1.77. The topological polar surface area (TPSA) is 90.0 Å². The highest BCUT2D eigenvalue weighted by atomic mass is 16.3. The Balaban J connectivity index is 2.33. The number of nitrogens with zero attached hydrogens (tertiary/aromatic N) is 2. The van der Waals surface area contributed by atoms with Crippen molar-refractivity contribution in [2.75, 3.05) is 26.7 Å². The first-order valence-electron chi connectivity index (χ1n) is 6.24. The Bertz CT molecular complexity index is 381. The Morgan fingerprint density at radius 2 is 2.05 bits per heavy atom. The highest BCUT2D eigenvalue weighted by Gasteiger charge is 2.32. The lowest BCUT2D eigenvalue weighted by Crippen LogP contribution is -2.46. The number of carbonyl (C=O) groups excluding carboxylic acids is 3. The quantitative estimate of drug-likeness (QED) is 0.640. The largest absolute Gasteiger partial charge is 0.394 e. The second-order valence-electron chi connectivity index (χ2n) is 5.38. The van der Waals surface area contributed by atoms with Crippen LogP contribution >= 0.6 is 0 Å². The lowest BCUT2D eigenvalue weighted by molar-refractivity contribution is -0.126. The summed E-state index contributed by atoms with van der Waals surface area (Å²) in [6.45, 7) is 3.63. The number of hydrogen-bond donors (Lipinski definition) is 2. The lowest BCUT2D eigenvalue weighted by Gasteiger charge is -2.23. The fourth-order valence-corrected chi connectivity index (χ4v) is 1.77. The molecule has 0 aromatic rings. The van der Waals surface area contributed by atoms with Gasteiger partial charge in [0.1, 0.15) is 6.54 Å². The minimum atomic E-state index is -0.656. The molecule has 0 aliphatic carbocycles. The van der Waals surface area contributed by atoms with Crippen LogP contribution in [0, 0.1) is 0 Å². The molecular formula is C12H21N3O4. The van der Waals surface area contributed by atoms with Crippen molar-refractivity contribution in [2.45, 2.75) is 32.2 Å². The van der Waals surface area contributed by atoms with Crippen LogP contribution in [0.4, 0.5) is 4.79 Å². The molecule has 108 valence electrons. The van der Waals surface area contributed by atoms with Crippen molar-refractivity contribution in [1.29, 1.82) is 0 Å². The van der Waals surface area contributed by atoms with E-state index in [2.05, 4.69) is 5.32 Å². The summed E-state index contributed by atoms with van der Waals surface area (Å²) in [7, 11) is 1.57. The molecule has 1 fully saturated rings. The summed E-state index contributed by atoms with van der Waals surface area (Å²) in [5, 5.41) is 11.7. The van der Waals surface area contributed by atoms with Crippen LogP contribution in [0.5, 0.6) is 0 Å². The van der Waals surface area contributed by atoms with E-state index < -0.39 is 5.54 Å². The third-order valence-corrected chi connectivity index (χ3v) is 2.89. The normalized spacial score (nSPS) is 16.2. The van der Waals surface area contributed by atoms with Gasteiger partial charge in [-0.25, -0.2) is 4.79 Å². The Morgan fingerprint density at radius 3 is 2.53 bits per heavy atom. The van der Waals surface area contributed by atoms with Gasteiger partial charge in [0, 0.05) is 20.0 Å². The zero-order valence-corrected chi connectivity index (χ0v) is 11.6. The average molecular weight is 271 g/mol. The van der Waals surface area contributed by atoms with Gasteiger partial charge in [0.15, 0.2) is 0 Å². The third-order valence-electron chi connectivity index (χ3n) is 2.89. The monoisotopic (exact) mass is 271 g/mol. The van der Waals surface area contributed by atoms with Crippen LogP contribution in [-0.4, -0.2) is 65.0 Å². The highest BCUT2D eigenvalue weighted by molar-refractivity contribution is 6.01. The Kier molecular flexibility index (Phi) is 4.88. The minimum absolute atomic E-state index is 0.0998. The fraction of sp³-hybridized carbons (Fsp3) is 0.750. The number of rotatable bonds is 6. The van der Waals surface area contributed by atoms with Crippen LogP contribution in [-0.2, 0) is 9.59 Å². The first-order chi connectivity index (χ1) is 8.76. The molecule has 4 amide bonds. The smallest absolute Gasteiger partial charge is 0.326 e. The number of aliphatic hydroxyl groups is 1. The van der Waals surface area contributed by atoms with E-state index in [0.29, 0.717) is 6.42 Å². The predicted molar refractivity (Wildman–Crippen MR) is 68.3 cm³/mol. The molecule has 1 heterocycles. The second-order valence-corrected chi connectivity index (χ2v) is 5.38. The first-order valence-corrected chi connectivity index (χ1v) is 6.24. The molecule has 1 aliphatic heterocycles. The van der Waals surface area contributed by atoms with E-state index in [9.17, 15) is 14.4 Å². The average Bonchev–Trinajstić information content (AvgIpc) is 2.55. The van der Waals surface area contributed by atoms with Gasteiger partial charge in [-0.3, -0.25) is 14.5 Å². The third kappa shape index (κ3) is 4.20. The number of likely N-dealkylation sites (N-methyl/N-ethyl adjacent to an activating group) is 1. The first kappa shape index (κ1) is 15.4. The number of imide groups is 1. The van der Waals surface area contributed by atoms with Crippen molar-refractivity contribution in [2.24, 2.45) is 0 Å². The molecule has 7 heteroatoms. The van der Waals surface area contributed by atoms with Crippen LogP contribution < -0.4 is 5.32 Å². The lowest BCUT2D eigenvalue weighted by atomic mass is 10.1. The summed E-state index contributed by atoms with van der Waals surface area (Å²) in [6, 6.07) is -0.318. The number of hydrogen-bond acceptors (Lipinski definition) is 4. The molecule has 0 atom stereocenters. The van der Waals surface area contributed by atoms with Gasteiger partial charge in [-0.2, -0.15) is 0 Å². The van der Waals surface area contributed by atoms with Gasteiger partial charge in [-0.05, 0) is 20.3 Å². The van der Waals surface area contributed by atoms with Crippen molar-refractivity contribution in [3.63, 3.8) is 0 Å². The molecule has 0 spiro atoms. The molecule has 0 unspecified atom stereocenters. The van der Waals surface area contributed by atoms with Gasteiger partial charge in [-0.15, -0.1) is 0 Å². The van der Waals surface area contributed by atoms with E-state index in [4.69, 9.17) is 5.11 Å². The zero-order chi connectivity index (χ0) is 14.6. The molecule has 0 aromatic carbocycles. The van der Waals surface area contributed by atoms with Gasteiger partial charge in [0.25, 0.3) is 0 Å². The van der Waals surface area contributed by atoms with Crippen LogP contribution in [0.2, 0.25) is 0 Å². The summed E-state index contributed by atoms with van der Waals surface area (Å²) in [6.07, 6.45) is 0.628. The molecular weight excluding hydrogens is 250 g/mol. The van der Waals surface area contributed by atoms with Crippen molar-refractivity contribution < 1.29 is 19.5 Å². The van der Waals surface area contributed by atoms with Crippen LogP contribution in [0.15, 0.2) is 0 Å². The van der Waals surface area contributed by atoms with E-state index in [0.717, 1.165) is 4.90 Å². The molecule has 0 saturated carbocycles. The predicted octanol–water partition coefficient (Wildman–Crippen LogP) is -0.452. The van der Waals surface area contributed by atoms with E-state index in [1.54, 1.807) is 20.9 Å². The maximum absolute atomic E-state index is 11.6. The maximum atomic E-state index is 11.6. The summed E-state index contributed by atoms with van der Waals surface area (Å²) >= 11 is 0. The molecule has 0 aromatic heterocycles. The minimum Gasteiger partial charge on any atom is -0.394 e. The number of carbonyl (C=O) groups is 3. The maximum Gasteiger partial charge on any atom is 0.326 e. The zero-order valence-electron chi connectivity index (χ0n) is 11.6. The van der Waals surface area contributed by atoms with E-state index in [-0.39, 0.29) is 44.0 Å². The van der Waals surface area contributed by atoms with Crippen LogP contribution in [0.25, 0.3) is 0 Å². The molecule has 0 radical (unpaired) electrons. The summed E-state index contributed by atoms with van der Waals surface area (Å²) < 4.78 is 0. The van der Waals surface area contributed by atoms with Gasteiger partial charge in [0.2, 0.25) is 11.8 Å². The van der Waals surface area contributed by atoms with Crippen molar-refractivity contribution >= 4 is 17.8 Å². The summed E-state index contributed by atoms with van der Waals surface area (Å²) in [4.78, 5) is 37.1. The summed E-state index contributed by atoms with van der Waals surface area (Å²) in [5.41, 5.74) is -0.656. The van der Waals surface area contributed by atoms with Gasteiger partial charge in [-0.1, -0.05) is 0 Å². The second kappa shape index (κ2) is 6.01. The van der Waals surface area contributed by atoms with Gasteiger partial charge in [0.05, 0.1) is 12.1 Å². The Hall–Kier alpha value is -1.63. The number of amides is 4. The molecule has 7 nitrogen and oxygen atoms in total. The highest BCUT2D eigenvalue weighted by Crippen LogP contribution is 2.09. The van der Waals surface area contributed by atoms with E-state index >= 15 is 0 Å². The van der Waals surface area contributed by atoms with Crippen molar-refractivity contribution in [3.05, 3.63) is 0 Å². The Labute approximate surface area is 112 Å². The van der Waals surface area contributed by atoms with Crippen LogP contribution in [0.1, 0.15) is 26.7 Å². The molecule has 1 aliphatic rings. The number of nitrogens with one attached hydrogen (secondary N) is 1. The SMILES string of the molecule is CN1CC(=O)N(CCCC(=O)NC(C)(C)CO)C1=O. The van der Waals surface area contributed by atoms with Gasteiger partial charge >= 0.3 is 6.03 Å². The van der Waals surface area contributed by atoms with E-state index in [1.807, 2.05) is 0 Å². The Morgan fingerprint density at radius 1 is 1.42 bits per heavy atom. The molecule has 2 N–H and O–H groups in total.